The first-order valence-electron chi connectivity index (χ1n) is 20.0. The Hall–Kier alpha value is -7.38. The van der Waals surface area contributed by atoms with Crippen LogP contribution in [-0.2, 0) is 0 Å². The molecule has 0 aliphatic heterocycles. The Morgan fingerprint density at radius 2 is 0.917 bits per heavy atom. The Morgan fingerprint density at radius 1 is 0.317 bits per heavy atom. The number of aromatic nitrogens is 4. The van der Waals surface area contributed by atoms with Crippen LogP contribution < -0.4 is 0 Å². The van der Waals surface area contributed by atoms with E-state index in [4.69, 9.17) is 19.9 Å². The zero-order valence-electron chi connectivity index (χ0n) is 32.1. The number of hydrogen-bond acceptors (Lipinski definition) is 6. The van der Waals surface area contributed by atoms with Gasteiger partial charge < -0.3 is 0 Å². The standard InChI is InChI=1S/C54H32N4S2/c1-3-11-33(12-4-1)35-19-22-37(23-20-35)54-55-46-29-30-47-49(50(46)60-54)45-26-25-39(32-48(45)59-47)41-27-28-44(43-18-10-9-17-42(41)43)53-57-51(36-14-5-2-6-15-36)56-52(58-53)40-24-21-34-13-7-8-16-38(34)31-40/h1-32H. The molecule has 0 fully saturated rings. The first kappa shape index (κ1) is 34.6. The van der Waals surface area contributed by atoms with Crippen LogP contribution in [-0.4, -0.2) is 19.9 Å². The van der Waals surface area contributed by atoms with Crippen LogP contribution in [0.2, 0.25) is 0 Å². The van der Waals surface area contributed by atoms with Gasteiger partial charge in [-0.3, -0.25) is 0 Å². The lowest BCUT2D eigenvalue weighted by atomic mass is 9.94. The molecule has 0 bridgehead atoms. The van der Waals surface area contributed by atoms with E-state index in [1.54, 1.807) is 11.3 Å². The van der Waals surface area contributed by atoms with E-state index in [0.29, 0.717) is 17.5 Å². The lowest BCUT2D eigenvalue weighted by Crippen LogP contribution is -2.00. The average Bonchev–Trinajstić information content (AvgIpc) is 3.93. The zero-order valence-corrected chi connectivity index (χ0v) is 33.7. The molecule has 3 aromatic heterocycles. The van der Waals surface area contributed by atoms with Crippen LogP contribution in [0.25, 0.3) is 119 Å². The van der Waals surface area contributed by atoms with Crippen molar-refractivity contribution in [2.45, 2.75) is 0 Å². The second-order valence-electron chi connectivity index (χ2n) is 15.0. The Balaban J connectivity index is 0.947. The maximum atomic E-state index is 5.16. The molecule has 0 amide bonds. The van der Waals surface area contributed by atoms with Crippen molar-refractivity contribution in [1.29, 1.82) is 0 Å². The summed E-state index contributed by atoms with van der Waals surface area (Å²) in [6, 6.07) is 68.6. The third-order valence-electron chi connectivity index (χ3n) is 11.4. The lowest BCUT2D eigenvalue weighted by molar-refractivity contribution is 1.08. The summed E-state index contributed by atoms with van der Waals surface area (Å²) in [5, 5.41) is 8.16. The molecule has 0 aliphatic carbocycles. The Morgan fingerprint density at radius 3 is 1.72 bits per heavy atom. The van der Waals surface area contributed by atoms with E-state index in [-0.39, 0.29) is 0 Å². The van der Waals surface area contributed by atoms with Gasteiger partial charge >= 0.3 is 0 Å². The van der Waals surface area contributed by atoms with E-state index in [2.05, 4.69) is 176 Å². The van der Waals surface area contributed by atoms with E-state index in [9.17, 15) is 0 Å². The molecule has 280 valence electrons. The largest absolute Gasteiger partial charge is 0.236 e. The van der Waals surface area contributed by atoms with Gasteiger partial charge in [0.15, 0.2) is 17.5 Å². The molecule has 0 unspecified atom stereocenters. The first-order chi connectivity index (χ1) is 29.7. The molecule has 4 nitrogen and oxygen atoms in total. The Kier molecular flexibility index (Phi) is 8.18. The monoisotopic (exact) mass is 800 g/mol. The summed E-state index contributed by atoms with van der Waals surface area (Å²) in [5.74, 6) is 1.95. The third-order valence-corrected chi connectivity index (χ3v) is 13.6. The Labute approximate surface area is 353 Å². The van der Waals surface area contributed by atoms with Crippen molar-refractivity contribution in [2.24, 2.45) is 0 Å². The molecule has 0 spiro atoms. The summed E-state index contributed by atoms with van der Waals surface area (Å²) < 4.78 is 3.77. The third kappa shape index (κ3) is 5.96. The van der Waals surface area contributed by atoms with Crippen LogP contribution >= 0.6 is 22.7 Å². The number of hydrogen-bond donors (Lipinski definition) is 0. The molecule has 9 aromatic carbocycles. The number of thiazole rings is 1. The quantitative estimate of drug-likeness (QED) is 0.168. The molecular formula is C54H32N4S2. The number of rotatable bonds is 6. The van der Waals surface area contributed by atoms with Crippen LogP contribution in [0, 0.1) is 0 Å². The minimum atomic E-state index is 0.648. The van der Waals surface area contributed by atoms with Crippen molar-refractivity contribution in [3.05, 3.63) is 194 Å². The summed E-state index contributed by atoms with van der Waals surface area (Å²) in [6.07, 6.45) is 0. The van der Waals surface area contributed by atoms with Crippen LogP contribution in [0.3, 0.4) is 0 Å². The zero-order chi connectivity index (χ0) is 39.6. The van der Waals surface area contributed by atoms with Crippen molar-refractivity contribution in [2.75, 3.05) is 0 Å². The van der Waals surface area contributed by atoms with E-state index in [0.717, 1.165) is 48.9 Å². The molecule has 0 saturated carbocycles. The predicted octanol–water partition coefficient (Wildman–Crippen LogP) is 15.2. The summed E-state index contributed by atoms with van der Waals surface area (Å²) >= 11 is 3.63. The van der Waals surface area contributed by atoms with Gasteiger partial charge in [-0.1, -0.05) is 164 Å². The summed E-state index contributed by atoms with van der Waals surface area (Å²) in [6.45, 7) is 0. The van der Waals surface area contributed by atoms with Crippen LogP contribution in [0.5, 0.6) is 0 Å². The number of thiophene rings is 1. The van der Waals surface area contributed by atoms with Crippen LogP contribution in [0.4, 0.5) is 0 Å². The molecule has 3 heterocycles. The van der Waals surface area contributed by atoms with Gasteiger partial charge in [-0.2, -0.15) is 0 Å². The highest BCUT2D eigenvalue weighted by Gasteiger charge is 2.18. The van der Waals surface area contributed by atoms with Crippen molar-refractivity contribution in [3.63, 3.8) is 0 Å². The average molecular weight is 801 g/mol. The van der Waals surface area contributed by atoms with Gasteiger partial charge in [-0.05, 0) is 74.1 Å². The van der Waals surface area contributed by atoms with Crippen molar-refractivity contribution < 1.29 is 0 Å². The molecule has 0 atom stereocenters. The number of fused-ring (bicyclic) bond motifs is 7. The second-order valence-corrected chi connectivity index (χ2v) is 17.1. The van der Waals surface area contributed by atoms with E-state index < -0.39 is 0 Å². The molecule has 6 heteroatoms. The molecule has 0 saturated heterocycles. The van der Waals surface area contributed by atoms with Crippen LogP contribution in [0.15, 0.2) is 194 Å². The molecular weight excluding hydrogens is 769 g/mol. The highest BCUT2D eigenvalue weighted by Crippen LogP contribution is 2.45. The van der Waals surface area contributed by atoms with Crippen molar-refractivity contribution in [1.82, 2.24) is 19.9 Å². The minimum Gasteiger partial charge on any atom is -0.236 e. The maximum Gasteiger partial charge on any atom is 0.164 e. The Bertz CT molecular complexity index is 3590. The van der Waals surface area contributed by atoms with Gasteiger partial charge in [-0.15, -0.1) is 22.7 Å². The molecule has 60 heavy (non-hydrogen) atoms. The highest BCUT2D eigenvalue weighted by molar-refractivity contribution is 7.28. The van der Waals surface area contributed by atoms with Gasteiger partial charge in [0.1, 0.15) is 5.01 Å². The molecule has 12 aromatic rings. The minimum absolute atomic E-state index is 0.648. The second kappa shape index (κ2) is 14.2. The lowest BCUT2D eigenvalue weighted by Gasteiger charge is -2.13. The number of benzene rings is 9. The van der Waals surface area contributed by atoms with Gasteiger partial charge in [0.2, 0.25) is 0 Å². The normalized spacial score (nSPS) is 11.7. The fourth-order valence-corrected chi connectivity index (χ4v) is 10.7. The van der Waals surface area contributed by atoms with Gasteiger partial charge in [0, 0.05) is 42.4 Å². The maximum absolute atomic E-state index is 5.16. The molecule has 0 aliphatic rings. The summed E-state index contributed by atoms with van der Waals surface area (Å²) in [5.41, 5.74) is 9.82. The SMILES string of the molecule is c1ccc(-c2ccc(-c3nc4ccc5sc6cc(-c7ccc(-c8nc(-c9ccccc9)nc(-c9ccc%10ccccc%10c9)n8)c8ccccc78)ccc6c5c4s3)cc2)cc1. The topological polar surface area (TPSA) is 51.6 Å². The van der Waals surface area contributed by atoms with Gasteiger partial charge in [0.25, 0.3) is 0 Å². The highest BCUT2D eigenvalue weighted by atomic mass is 32.1. The smallest absolute Gasteiger partial charge is 0.164 e. The van der Waals surface area contributed by atoms with Crippen molar-refractivity contribution in [3.8, 4) is 67.0 Å². The summed E-state index contributed by atoms with van der Waals surface area (Å²) in [4.78, 5) is 20.4. The number of nitrogens with zero attached hydrogens (tertiary/aromatic N) is 4. The van der Waals surface area contributed by atoms with Gasteiger partial charge in [-0.25, -0.2) is 19.9 Å². The predicted molar refractivity (Wildman–Crippen MR) is 254 cm³/mol. The van der Waals surface area contributed by atoms with E-state index in [1.807, 2.05) is 29.5 Å². The summed E-state index contributed by atoms with van der Waals surface area (Å²) in [7, 11) is 0. The van der Waals surface area contributed by atoms with E-state index >= 15 is 0 Å². The molecule has 0 N–H and O–H groups in total. The van der Waals surface area contributed by atoms with Crippen LogP contribution in [0.1, 0.15) is 0 Å². The van der Waals surface area contributed by atoms with Gasteiger partial charge in [0.05, 0.1) is 10.2 Å². The van der Waals surface area contributed by atoms with E-state index in [1.165, 1.54) is 52.5 Å². The first-order valence-corrected chi connectivity index (χ1v) is 21.6. The van der Waals surface area contributed by atoms with Crippen molar-refractivity contribution >= 4 is 74.6 Å². The molecule has 0 radical (unpaired) electrons. The fourth-order valence-electron chi connectivity index (χ4n) is 8.39. The fraction of sp³-hybridized carbons (Fsp3) is 0. The molecule has 12 rings (SSSR count).